The summed E-state index contributed by atoms with van der Waals surface area (Å²) in [4.78, 5) is 8.87. The third kappa shape index (κ3) is 3.08. The van der Waals surface area contributed by atoms with Crippen molar-refractivity contribution in [3.8, 4) is 0 Å². The normalized spacial score (nSPS) is 17.2. The van der Waals surface area contributed by atoms with Crippen LogP contribution in [-0.2, 0) is 6.18 Å². The van der Waals surface area contributed by atoms with Crippen LogP contribution in [-0.4, -0.2) is 30.1 Å². The van der Waals surface area contributed by atoms with Gasteiger partial charge in [-0.3, -0.25) is 0 Å². The number of nitrogens with one attached hydrogen (secondary N) is 1. The number of hydrogen-bond acceptors (Lipinski definition) is 4. The summed E-state index contributed by atoms with van der Waals surface area (Å²) < 4.78 is 38.2. The average molecular weight is 274 g/mol. The summed E-state index contributed by atoms with van der Waals surface area (Å²) in [6, 6.07) is 1.72. The third-order valence-corrected chi connectivity index (χ3v) is 3.50. The van der Waals surface area contributed by atoms with E-state index in [1.807, 2.05) is 6.92 Å². The van der Waals surface area contributed by atoms with Crippen LogP contribution in [0.2, 0.25) is 0 Å². The first-order valence-electron chi connectivity index (χ1n) is 6.19. The van der Waals surface area contributed by atoms with Crippen LogP contribution in [0.25, 0.3) is 0 Å². The lowest BCUT2D eigenvalue weighted by Crippen LogP contribution is -2.32. The van der Waals surface area contributed by atoms with Crippen molar-refractivity contribution in [1.29, 1.82) is 0 Å². The molecule has 0 aliphatic heterocycles. The van der Waals surface area contributed by atoms with Crippen molar-refractivity contribution in [1.82, 2.24) is 9.97 Å². The molecule has 0 aromatic carbocycles. The molecule has 4 nitrogen and oxygen atoms in total. The fourth-order valence-electron chi connectivity index (χ4n) is 1.97. The minimum absolute atomic E-state index is 0.173. The van der Waals surface area contributed by atoms with Gasteiger partial charge in [0.15, 0.2) is 0 Å². The van der Waals surface area contributed by atoms with E-state index in [1.54, 1.807) is 11.9 Å². The second kappa shape index (κ2) is 4.86. The lowest BCUT2D eigenvalue weighted by molar-refractivity contribution is -0.144. The van der Waals surface area contributed by atoms with Crippen molar-refractivity contribution < 1.29 is 13.2 Å². The van der Waals surface area contributed by atoms with E-state index in [0.717, 1.165) is 12.8 Å². The highest BCUT2D eigenvalue weighted by Gasteiger charge is 2.37. The second-order valence-corrected chi connectivity index (χ2v) is 4.87. The lowest BCUT2D eigenvalue weighted by atomic mass is 10.2. The standard InChI is InChI=1S/C12H17F3N4/c1-7(8-4-5-8)19(3)10-6-9(16-2)17-11(18-10)12(13,14)15/h6-8H,4-5H2,1-3H3,(H,16,17,18). The zero-order valence-corrected chi connectivity index (χ0v) is 11.1. The Bertz CT molecular complexity index is 457. The van der Waals surface area contributed by atoms with E-state index in [9.17, 15) is 13.2 Å². The molecule has 106 valence electrons. The molecule has 1 aliphatic rings. The van der Waals surface area contributed by atoms with Gasteiger partial charge >= 0.3 is 6.18 Å². The maximum Gasteiger partial charge on any atom is 0.451 e. The maximum absolute atomic E-state index is 12.7. The van der Waals surface area contributed by atoms with Gasteiger partial charge in [0, 0.05) is 26.2 Å². The van der Waals surface area contributed by atoms with Crippen LogP contribution in [0.3, 0.4) is 0 Å². The molecular formula is C12H17F3N4. The average Bonchev–Trinajstić information content (AvgIpc) is 3.19. The number of rotatable bonds is 4. The first kappa shape index (κ1) is 13.9. The first-order valence-corrected chi connectivity index (χ1v) is 6.19. The van der Waals surface area contributed by atoms with E-state index < -0.39 is 12.0 Å². The molecule has 1 fully saturated rings. The maximum atomic E-state index is 12.7. The highest BCUT2D eigenvalue weighted by molar-refractivity contribution is 5.49. The van der Waals surface area contributed by atoms with E-state index in [2.05, 4.69) is 15.3 Å². The fourth-order valence-corrected chi connectivity index (χ4v) is 1.97. The van der Waals surface area contributed by atoms with E-state index in [0.29, 0.717) is 11.7 Å². The number of halogens is 3. The molecule has 0 amide bonds. The van der Waals surface area contributed by atoms with Crippen molar-refractivity contribution in [2.75, 3.05) is 24.3 Å². The minimum atomic E-state index is -4.54. The van der Waals surface area contributed by atoms with Gasteiger partial charge in [-0.15, -0.1) is 0 Å². The molecule has 7 heteroatoms. The molecule has 19 heavy (non-hydrogen) atoms. The summed E-state index contributed by atoms with van der Waals surface area (Å²) in [5.41, 5.74) is 0. The Morgan fingerprint density at radius 2 is 2.00 bits per heavy atom. The fraction of sp³-hybridized carbons (Fsp3) is 0.667. The van der Waals surface area contributed by atoms with Gasteiger partial charge in [-0.25, -0.2) is 9.97 Å². The van der Waals surface area contributed by atoms with E-state index in [1.165, 1.54) is 13.1 Å². The van der Waals surface area contributed by atoms with Crippen molar-refractivity contribution in [3.05, 3.63) is 11.9 Å². The highest BCUT2D eigenvalue weighted by Crippen LogP contribution is 2.36. The Balaban J connectivity index is 2.33. The van der Waals surface area contributed by atoms with Gasteiger partial charge in [-0.1, -0.05) is 0 Å². The van der Waals surface area contributed by atoms with Crippen molar-refractivity contribution in [3.63, 3.8) is 0 Å². The molecule has 1 unspecified atom stereocenters. The van der Waals surface area contributed by atoms with Gasteiger partial charge < -0.3 is 10.2 Å². The number of alkyl halides is 3. The second-order valence-electron chi connectivity index (χ2n) is 4.87. The summed E-state index contributed by atoms with van der Waals surface area (Å²) in [7, 11) is 3.31. The van der Waals surface area contributed by atoms with Gasteiger partial charge in [-0.05, 0) is 25.7 Å². The van der Waals surface area contributed by atoms with Gasteiger partial charge in [-0.2, -0.15) is 13.2 Å². The molecule has 2 rings (SSSR count). The smallest absolute Gasteiger partial charge is 0.373 e. The van der Waals surface area contributed by atoms with Crippen molar-refractivity contribution in [2.45, 2.75) is 32.0 Å². The number of anilines is 2. The summed E-state index contributed by atoms with van der Waals surface area (Å²) in [5, 5.41) is 2.64. The molecule has 1 N–H and O–H groups in total. The predicted octanol–water partition coefficient (Wildman–Crippen LogP) is 2.77. The van der Waals surface area contributed by atoms with Crippen LogP contribution in [0, 0.1) is 5.92 Å². The topological polar surface area (TPSA) is 41.0 Å². The predicted molar refractivity (Wildman–Crippen MR) is 67.2 cm³/mol. The van der Waals surface area contributed by atoms with Crippen LogP contribution in [0.4, 0.5) is 24.8 Å². The van der Waals surface area contributed by atoms with Crippen LogP contribution in [0.5, 0.6) is 0 Å². The number of aromatic nitrogens is 2. The Kier molecular flexibility index (Phi) is 3.56. The highest BCUT2D eigenvalue weighted by atomic mass is 19.4. The zero-order valence-electron chi connectivity index (χ0n) is 11.1. The summed E-state index contributed by atoms with van der Waals surface area (Å²) >= 11 is 0. The molecule has 0 saturated heterocycles. The largest absolute Gasteiger partial charge is 0.451 e. The molecule has 0 radical (unpaired) electrons. The van der Waals surface area contributed by atoms with Gasteiger partial charge in [0.2, 0.25) is 5.82 Å². The number of hydrogen-bond donors (Lipinski definition) is 1. The van der Waals surface area contributed by atoms with Crippen molar-refractivity contribution >= 4 is 11.6 Å². The van der Waals surface area contributed by atoms with Crippen LogP contribution in [0.15, 0.2) is 6.07 Å². The van der Waals surface area contributed by atoms with Gasteiger partial charge in [0.25, 0.3) is 0 Å². The van der Waals surface area contributed by atoms with E-state index in [4.69, 9.17) is 0 Å². The molecule has 1 heterocycles. The number of nitrogens with zero attached hydrogens (tertiary/aromatic N) is 3. The molecule has 1 aromatic rings. The third-order valence-electron chi connectivity index (χ3n) is 3.50. The molecule has 1 aliphatic carbocycles. The molecule has 1 aromatic heterocycles. The SMILES string of the molecule is CNc1cc(N(C)C(C)C2CC2)nc(C(F)(F)F)n1. The van der Waals surface area contributed by atoms with E-state index in [-0.39, 0.29) is 11.9 Å². The van der Waals surface area contributed by atoms with Gasteiger partial charge in [0.1, 0.15) is 11.6 Å². The van der Waals surface area contributed by atoms with Crippen LogP contribution in [0.1, 0.15) is 25.6 Å². The zero-order chi connectivity index (χ0) is 14.2. The minimum Gasteiger partial charge on any atom is -0.373 e. The quantitative estimate of drug-likeness (QED) is 0.916. The van der Waals surface area contributed by atoms with Crippen LogP contribution >= 0.6 is 0 Å². The molecule has 0 bridgehead atoms. The van der Waals surface area contributed by atoms with Crippen LogP contribution < -0.4 is 10.2 Å². The van der Waals surface area contributed by atoms with E-state index >= 15 is 0 Å². The summed E-state index contributed by atoms with van der Waals surface area (Å²) in [5.74, 6) is -0.0882. The molecule has 1 saturated carbocycles. The Hall–Kier alpha value is -1.53. The van der Waals surface area contributed by atoms with Gasteiger partial charge in [0.05, 0.1) is 0 Å². The monoisotopic (exact) mass is 274 g/mol. The summed E-state index contributed by atoms with van der Waals surface area (Å²) in [6.07, 6.45) is -2.28. The summed E-state index contributed by atoms with van der Waals surface area (Å²) in [6.45, 7) is 2.01. The van der Waals surface area contributed by atoms with Crippen molar-refractivity contribution in [2.24, 2.45) is 5.92 Å². The first-order chi connectivity index (χ1) is 8.82. The Labute approximate surface area is 110 Å². The Morgan fingerprint density at radius 1 is 1.37 bits per heavy atom. The lowest BCUT2D eigenvalue weighted by Gasteiger charge is -2.26. The molecular weight excluding hydrogens is 257 g/mol. The Morgan fingerprint density at radius 3 is 2.47 bits per heavy atom. The molecule has 0 spiro atoms. The molecule has 1 atom stereocenters.